The third kappa shape index (κ3) is 4.45. The van der Waals surface area contributed by atoms with E-state index in [0.29, 0.717) is 46.4 Å². The van der Waals surface area contributed by atoms with Gasteiger partial charge in [0.25, 0.3) is 0 Å². The Morgan fingerprint density at radius 1 is 1.23 bits per heavy atom. The van der Waals surface area contributed by atoms with E-state index in [4.69, 9.17) is 26.3 Å². The van der Waals surface area contributed by atoms with Crippen molar-refractivity contribution >= 4 is 23.2 Å². The number of nitrogens with one attached hydrogen (secondary N) is 3. The fourth-order valence-corrected chi connectivity index (χ4v) is 3.46. The summed E-state index contributed by atoms with van der Waals surface area (Å²) in [6.45, 7) is 2.54. The van der Waals surface area contributed by atoms with E-state index in [9.17, 15) is 0 Å². The van der Waals surface area contributed by atoms with E-state index >= 15 is 0 Å². The molecule has 1 aliphatic heterocycles. The Hall–Kier alpha value is -3.35. The lowest BCUT2D eigenvalue weighted by molar-refractivity contribution is 0.260. The first-order valence-corrected chi connectivity index (χ1v) is 9.80. The molecule has 10 heteroatoms. The molecule has 2 aromatic heterocycles. The van der Waals surface area contributed by atoms with Crippen LogP contribution in [-0.4, -0.2) is 47.0 Å². The van der Waals surface area contributed by atoms with Crippen LogP contribution in [0, 0.1) is 17.2 Å². The first-order chi connectivity index (χ1) is 14.7. The zero-order valence-electron chi connectivity index (χ0n) is 16.3. The summed E-state index contributed by atoms with van der Waals surface area (Å²) in [5.74, 6) is 2.67. The van der Waals surface area contributed by atoms with Crippen LogP contribution in [0.25, 0.3) is 11.3 Å². The van der Waals surface area contributed by atoms with Gasteiger partial charge in [0, 0.05) is 23.6 Å². The summed E-state index contributed by atoms with van der Waals surface area (Å²) in [6.07, 6.45) is 3.94. The zero-order chi connectivity index (χ0) is 20.9. The van der Waals surface area contributed by atoms with E-state index in [0.717, 1.165) is 25.1 Å². The first-order valence-electron chi connectivity index (χ1n) is 9.42. The van der Waals surface area contributed by atoms with Crippen molar-refractivity contribution < 1.29 is 9.47 Å². The zero-order valence-corrected chi connectivity index (χ0v) is 17.0. The summed E-state index contributed by atoms with van der Waals surface area (Å²) < 4.78 is 11.7. The second-order valence-electron chi connectivity index (χ2n) is 6.84. The number of nitriles is 1. The van der Waals surface area contributed by atoms with Crippen LogP contribution in [0.1, 0.15) is 12.1 Å². The van der Waals surface area contributed by atoms with Gasteiger partial charge in [0.2, 0.25) is 0 Å². The van der Waals surface area contributed by atoms with Crippen LogP contribution in [0.3, 0.4) is 0 Å². The Morgan fingerprint density at radius 2 is 2.10 bits per heavy atom. The second kappa shape index (κ2) is 8.98. The summed E-state index contributed by atoms with van der Waals surface area (Å²) in [5, 5.41) is 23.0. The molecule has 3 N–H and O–H groups in total. The number of rotatable bonds is 7. The Kier molecular flexibility index (Phi) is 5.97. The normalized spacial score (nSPS) is 15.6. The van der Waals surface area contributed by atoms with Crippen LogP contribution in [0.5, 0.6) is 11.5 Å². The van der Waals surface area contributed by atoms with Crippen LogP contribution in [0.4, 0.5) is 11.6 Å². The summed E-state index contributed by atoms with van der Waals surface area (Å²) in [4.78, 5) is 8.13. The van der Waals surface area contributed by atoms with E-state index in [-0.39, 0.29) is 5.69 Å². The predicted molar refractivity (Wildman–Crippen MR) is 112 cm³/mol. The third-order valence-corrected chi connectivity index (χ3v) is 4.98. The maximum absolute atomic E-state index is 8.83. The molecule has 0 aliphatic carbocycles. The summed E-state index contributed by atoms with van der Waals surface area (Å²) in [7, 11) is 1.59. The van der Waals surface area contributed by atoms with Crippen molar-refractivity contribution in [1.82, 2.24) is 25.5 Å². The first kappa shape index (κ1) is 19.9. The van der Waals surface area contributed by atoms with E-state index in [1.165, 1.54) is 12.4 Å². The molecule has 0 spiro atoms. The standard InChI is InChI=1S/C20H20ClN7O2/c1-29-16-4-13(21)5-17(30-11-12-2-3-23-8-12)20(16)15-6-18(28-27-15)26-19-10-24-14(7-22)9-25-19/h4-6,9-10,12,23H,2-3,8,11H2,1H3,(H2,25,26,27,28)/t12-/m0/s1. The number of ether oxygens (including phenoxy) is 2. The van der Waals surface area contributed by atoms with Crippen LogP contribution >= 0.6 is 11.6 Å². The SMILES string of the molecule is COc1cc(Cl)cc(OC[C@H]2CCNC2)c1-c1cc(Nc2cnc(C#N)cn2)n[nH]1. The van der Waals surface area contributed by atoms with Crippen LogP contribution in [0.2, 0.25) is 5.02 Å². The number of anilines is 2. The highest BCUT2D eigenvalue weighted by molar-refractivity contribution is 6.31. The van der Waals surface area contributed by atoms with Gasteiger partial charge in [-0.15, -0.1) is 0 Å². The summed E-state index contributed by atoms with van der Waals surface area (Å²) in [6, 6.07) is 7.27. The van der Waals surface area contributed by atoms with Gasteiger partial charge < -0.3 is 20.1 Å². The molecule has 3 heterocycles. The molecule has 0 bridgehead atoms. The fourth-order valence-electron chi connectivity index (χ4n) is 3.26. The molecule has 1 saturated heterocycles. The van der Waals surface area contributed by atoms with Gasteiger partial charge in [-0.25, -0.2) is 9.97 Å². The maximum Gasteiger partial charge on any atom is 0.158 e. The summed E-state index contributed by atoms with van der Waals surface area (Å²) >= 11 is 6.27. The van der Waals surface area contributed by atoms with Crippen molar-refractivity contribution in [2.45, 2.75) is 6.42 Å². The Bertz CT molecular complexity index is 1060. The third-order valence-electron chi connectivity index (χ3n) is 4.76. The van der Waals surface area contributed by atoms with Gasteiger partial charge >= 0.3 is 0 Å². The average molecular weight is 426 g/mol. The van der Waals surface area contributed by atoms with Crippen LogP contribution in [0.15, 0.2) is 30.6 Å². The molecule has 0 amide bonds. The molecule has 1 fully saturated rings. The number of aromatic nitrogens is 4. The maximum atomic E-state index is 8.83. The molecular formula is C20H20ClN7O2. The molecule has 0 saturated carbocycles. The number of hydrogen-bond acceptors (Lipinski definition) is 8. The number of methoxy groups -OCH3 is 1. The Labute approximate surface area is 178 Å². The highest BCUT2D eigenvalue weighted by atomic mass is 35.5. The number of nitrogens with zero attached hydrogens (tertiary/aromatic N) is 4. The molecule has 0 unspecified atom stereocenters. The molecular weight excluding hydrogens is 406 g/mol. The minimum Gasteiger partial charge on any atom is -0.496 e. The Morgan fingerprint density at radius 3 is 2.80 bits per heavy atom. The number of halogens is 1. The van der Waals surface area contributed by atoms with Gasteiger partial charge in [0.05, 0.1) is 37.4 Å². The van der Waals surface area contributed by atoms with E-state index in [1.54, 1.807) is 19.2 Å². The second-order valence-corrected chi connectivity index (χ2v) is 7.28. The lowest BCUT2D eigenvalue weighted by Gasteiger charge is -2.16. The van der Waals surface area contributed by atoms with Gasteiger partial charge in [-0.1, -0.05) is 11.6 Å². The van der Waals surface area contributed by atoms with Crippen molar-refractivity contribution in [3.63, 3.8) is 0 Å². The fraction of sp³-hybridized carbons (Fsp3) is 0.300. The highest BCUT2D eigenvalue weighted by Crippen LogP contribution is 2.41. The summed E-state index contributed by atoms with van der Waals surface area (Å²) in [5.41, 5.74) is 1.68. The minimum atomic E-state index is 0.244. The number of hydrogen-bond donors (Lipinski definition) is 3. The van der Waals surface area contributed by atoms with E-state index in [2.05, 4.69) is 30.8 Å². The van der Waals surface area contributed by atoms with E-state index < -0.39 is 0 Å². The molecule has 1 atom stereocenters. The molecule has 0 radical (unpaired) electrons. The average Bonchev–Trinajstić information content (AvgIpc) is 3.44. The van der Waals surface area contributed by atoms with Crippen molar-refractivity contribution in [3.05, 3.63) is 41.3 Å². The number of aromatic amines is 1. The molecule has 30 heavy (non-hydrogen) atoms. The number of H-pyrrole nitrogens is 1. The molecule has 4 rings (SSSR count). The lowest BCUT2D eigenvalue weighted by atomic mass is 10.1. The quantitative estimate of drug-likeness (QED) is 0.528. The molecule has 154 valence electrons. The van der Waals surface area contributed by atoms with E-state index in [1.807, 2.05) is 12.1 Å². The lowest BCUT2D eigenvalue weighted by Crippen LogP contribution is -2.15. The highest BCUT2D eigenvalue weighted by Gasteiger charge is 2.20. The van der Waals surface area contributed by atoms with Crippen LogP contribution < -0.4 is 20.1 Å². The smallest absolute Gasteiger partial charge is 0.158 e. The van der Waals surface area contributed by atoms with Crippen molar-refractivity contribution in [2.75, 3.05) is 32.1 Å². The molecule has 1 aliphatic rings. The predicted octanol–water partition coefficient (Wildman–Crippen LogP) is 3.13. The van der Waals surface area contributed by atoms with Crippen LogP contribution in [-0.2, 0) is 0 Å². The Balaban J connectivity index is 1.59. The van der Waals surface area contributed by atoms with Gasteiger partial charge in [-0.3, -0.25) is 5.10 Å². The minimum absolute atomic E-state index is 0.244. The monoisotopic (exact) mass is 425 g/mol. The number of benzene rings is 1. The largest absolute Gasteiger partial charge is 0.496 e. The molecule has 3 aromatic rings. The van der Waals surface area contributed by atoms with Gasteiger partial charge in [-0.05, 0) is 25.1 Å². The van der Waals surface area contributed by atoms with Crippen molar-refractivity contribution in [2.24, 2.45) is 5.92 Å². The molecule has 9 nitrogen and oxygen atoms in total. The van der Waals surface area contributed by atoms with Crippen molar-refractivity contribution in [3.8, 4) is 28.8 Å². The van der Waals surface area contributed by atoms with Gasteiger partial charge in [0.1, 0.15) is 23.4 Å². The van der Waals surface area contributed by atoms with Crippen molar-refractivity contribution in [1.29, 1.82) is 5.26 Å². The van der Waals surface area contributed by atoms with Gasteiger partial charge in [-0.2, -0.15) is 10.4 Å². The molecule has 1 aromatic carbocycles. The topological polar surface area (TPSA) is 121 Å². The van der Waals surface area contributed by atoms with Gasteiger partial charge in [0.15, 0.2) is 11.5 Å².